The van der Waals surface area contributed by atoms with Crippen LogP contribution >= 0.6 is 0 Å². The van der Waals surface area contributed by atoms with E-state index in [0.717, 1.165) is 26.1 Å². The minimum atomic E-state index is -0.495. The first kappa shape index (κ1) is 19.7. The third-order valence-electron chi connectivity index (χ3n) is 3.78. The molecule has 0 spiro atoms. The van der Waals surface area contributed by atoms with Crippen molar-refractivity contribution in [3.63, 3.8) is 0 Å². The zero-order valence-electron chi connectivity index (χ0n) is 15.1. The SMILES string of the molecule is CC[C@H](CN1CCCC1)NC(=O)CCCNC(=O)OC(C)(C)C. The number of ether oxygens (including phenoxy) is 1. The quantitative estimate of drug-likeness (QED) is 0.671. The molecule has 0 aromatic rings. The lowest BCUT2D eigenvalue weighted by atomic mass is 10.2. The molecule has 6 heteroatoms. The number of likely N-dealkylation sites (tertiary alicyclic amines) is 1. The Bertz CT molecular complexity index is 374. The lowest BCUT2D eigenvalue weighted by molar-refractivity contribution is -0.122. The Kier molecular flexibility index (Phi) is 8.37. The molecule has 0 bridgehead atoms. The van der Waals surface area contributed by atoms with E-state index >= 15 is 0 Å². The number of rotatable bonds is 8. The summed E-state index contributed by atoms with van der Waals surface area (Å²) < 4.78 is 5.14. The zero-order valence-corrected chi connectivity index (χ0v) is 15.1. The summed E-state index contributed by atoms with van der Waals surface area (Å²) in [6, 6.07) is 0.222. The summed E-state index contributed by atoms with van der Waals surface area (Å²) in [6.45, 7) is 11.3. The summed E-state index contributed by atoms with van der Waals surface area (Å²) in [4.78, 5) is 25.9. The summed E-state index contributed by atoms with van der Waals surface area (Å²) in [6.07, 6.45) is 4.08. The van der Waals surface area contributed by atoms with Gasteiger partial charge in [0.15, 0.2) is 0 Å². The van der Waals surface area contributed by atoms with Crippen molar-refractivity contribution >= 4 is 12.0 Å². The van der Waals surface area contributed by atoms with Crippen LogP contribution in [-0.2, 0) is 9.53 Å². The number of nitrogens with zero attached hydrogens (tertiary/aromatic N) is 1. The highest BCUT2D eigenvalue weighted by atomic mass is 16.6. The predicted octanol–water partition coefficient (Wildman–Crippen LogP) is 2.28. The van der Waals surface area contributed by atoms with Gasteiger partial charge in [-0.1, -0.05) is 6.92 Å². The fraction of sp³-hybridized carbons (Fsp3) is 0.882. The van der Waals surface area contributed by atoms with Crippen LogP contribution in [0.3, 0.4) is 0 Å². The van der Waals surface area contributed by atoms with Gasteiger partial charge in [0.05, 0.1) is 0 Å². The van der Waals surface area contributed by atoms with Gasteiger partial charge >= 0.3 is 6.09 Å². The molecule has 1 heterocycles. The van der Waals surface area contributed by atoms with E-state index in [1.807, 2.05) is 20.8 Å². The van der Waals surface area contributed by atoms with E-state index in [9.17, 15) is 9.59 Å². The Balaban J connectivity index is 2.13. The number of carbonyl (C=O) groups is 2. The maximum atomic E-state index is 12.0. The van der Waals surface area contributed by atoms with Crippen molar-refractivity contribution in [2.45, 2.75) is 71.4 Å². The highest BCUT2D eigenvalue weighted by Gasteiger charge is 2.18. The maximum Gasteiger partial charge on any atom is 0.407 e. The molecule has 0 aromatic heterocycles. The number of nitrogens with one attached hydrogen (secondary N) is 2. The van der Waals surface area contributed by atoms with Crippen molar-refractivity contribution in [3.05, 3.63) is 0 Å². The van der Waals surface area contributed by atoms with Crippen LogP contribution in [0.2, 0.25) is 0 Å². The molecule has 23 heavy (non-hydrogen) atoms. The van der Waals surface area contributed by atoms with E-state index in [-0.39, 0.29) is 11.9 Å². The Hall–Kier alpha value is -1.30. The number of amides is 2. The van der Waals surface area contributed by atoms with Crippen molar-refractivity contribution < 1.29 is 14.3 Å². The normalized spacial score (nSPS) is 16.9. The molecule has 0 aromatic carbocycles. The summed E-state index contributed by atoms with van der Waals surface area (Å²) in [5, 5.41) is 5.77. The molecule has 6 nitrogen and oxygen atoms in total. The van der Waals surface area contributed by atoms with Crippen LogP contribution in [0.5, 0.6) is 0 Å². The van der Waals surface area contributed by atoms with Gasteiger partial charge in [0, 0.05) is 25.6 Å². The molecule has 1 aliphatic rings. The van der Waals surface area contributed by atoms with Crippen molar-refractivity contribution in [3.8, 4) is 0 Å². The maximum absolute atomic E-state index is 12.0. The van der Waals surface area contributed by atoms with Gasteiger partial charge in [-0.2, -0.15) is 0 Å². The molecule has 1 rings (SSSR count). The predicted molar refractivity (Wildman–Crippen MR) is 91.4 cm³/mol. The standard InChI is InChI=1S/C17H33N3O3/c1-5-14(13-20-11-6-7-12-20)19-15(21)9-8-10-18-16(22)23-17(2,3)4/h14H,5-13H2,1-4H3,(H,18,22)(H,19,21)/t14-/m1/s1. The van der Waals surface area contributed by atoms with Gasteiger partial charge in [-0.3, -0.25) is 4.79 Å². The molecule has 134 valence electrons. The van der Waals surface area contributed by atoms with Gasteiger partial charge in [-0.15, -0.1) is 0 Å². The minimum absolute atomic E-state index is 0.0574. The first-order chi connectivity index (χ1) is 10.8. The first-order valence-electron chi connectivity index (χ1n) is 8.78. The average Bonchev–Trinajstić information content (AvgIpc) is 2.94. The highest BCUT2D eigenvalue weighted by molar-refractivity contribution is 5.76. The Morgan fingerprint density at radius 2 is 1.87 bits per heavy atom. The monoisotopic (exact) mass is 327 g/mol. The van der Waals surface area contributed by atoms with E-state index in [2.05, 4.69) is 22.5 Å². The van der Waals surface area contributed by atoms with E-state index in [1.165, 1.54) is 12.8 Å². The number of hydrogen-bond donors (Lipinski definition) is 2. The number of hydrogen-bond acceptors (Lipinski definition) is 4. The van der Waals surface area contributed by atoms with Crippen LogP contribution in [0.15, 0.2) is 0 Å². The fourth-order valence-corrected chi connectivity index (χ4v) is 2.61. The van der Waals surface area contributed by atoms with Crippen molar-refractivity contribution in [2.75, 3.05) is 26.2 Å². The van der Waals surface area contributed by atoms with Gasteiger partial charge in [0.1, 0.15) is 5.60 Å². The van der Waals surface area contributed by atoms with E-state index in [1.54, 1.807) is 0 Å². The first-order valence-corrected chi connectivity index (χ1v) is 8.78. The summed E-state index contributed by atoms with van der Waals surface area (Å²) in [5.74, 6) is 0.0574. The van der Waals surface area contributed by atoms with Crippen LogP contribution in [0.4, 0.5) is 4.79 Å². The summed E-state index contributed by atoms with van der Waals surface area (Å²) in [5.41, 5.74) is -0.495. The summed E-state index contributed by atoms with van der Waals surface area (Å²) in [7, 11) is 0. The van der Waals surface area contributed by atoms with Crippen LogP contribution in [0.25, 0.3) is 0 Å². The lowest BCUT2D eigenvalue weighted by Crippen LogP contribution is -2.42. The van der Waals surface area contributed by atoms with Crippen LogP contribution in [0, 0.1) is 0 Å². The summed E-state index contributed by atoms with van der Waals surface area (Å²) >= 11 is 0. The molecule has 0 unspecified atom stereocenters. The van der Waals surface area contributed by atoms with Gasteiger partial charge in [0.2, 0.25) is 5.91 Å². The van der Waals surface area contributed by atoms with Crippen LogP contribution in [-0.4, -0.2) is 54.7 Å². The van der Waals surface area contributed by atoms with Crippen LogP contribution < -0.4 is 10.6 Å². The molecule has 2 N–H and O–H groups in total. The molecule has 2 amide bonds. The van der Waals surface area contributed by atoms with Crippen molar-refractivity contribution in [2.24, 2.45) is 0 Å². The van der Waals surface area contributed by atoms with E-state index in [4.69, 9.17) is 4.74 Å². The van der Waals surface area contributed by atoms with Gasteiger partial charge in [-0.05, 0) is 59.5 Å². The van der Waals surface area contributed by atoms with Crippen LogP contribution in [0.1, 0.15) is 59.8 Å². The topological polar surface area (TPSA) is 70.7 Å². The average molecular weight is 327 g/mol. The third kappa shape index (κ3) is 9.43. The molecule has 1 fully saturated rings. The minimum Gasteiger partial charge on any atom is -0.444 e. The Labute approximate surface area is 140 Å². The smallest absolute Gasteiger partial charge is 0.407 e. The van der Waals surface area contributed by atoms with Crippen molar-refractivity contribution in [1.29, 1.82) is 0 Å². The van der Waals surface area contributed by atoms with E-state index < -0.39 is 11.7 Å². The molecule has 1 aliphatic heterocycles. The largest absolute Gasteiger partial charge is 0.444 e. The zero-order chi connectivity index (χ0) is 17.3. The Morgan fingerprint density at radius 3 is 2.43 bits per heavy atom. The second-order valence-corrected chi connectivity index (χ2v) is 7.21. The number of alkyl carbamates (subject to hydrolysis) is 1. The van der Waals surface area contributed by atoms with Gasteiger partial charge in [0.25, 0.3) is 0 Å². The molecule has 1 saturated heterocycles. The molecule has 0 aliphatic carbocycles. The highest BCUT2D eigenvalue weighted by Crippen LogP contribution is 2.09. The lowest BCUT2D eigenvalue weighted by Gasteiger charge is -2.23. The molecular formula is C17H33N3O3. The number of carbonyl (C=O) groups excluding carboxylic acids is 2. The van der Waals surface area contributed by atoms with Gasteiger partial charge in [-0.25, -0.2) is 4.79 Å². The Morgan fingerprint density at radius 1 is 1.22 bits per heavy atom. The molecular weight excluding hydrogens is 294 g/mol. The van der Waals surface area contributed by atoms with Crippen molar-refractivity contribution in [1.82, 2.24) is 15.5 Å². The van der Waals surface area contributed by atoms with Gasteiger partial charge < -0.3 is 20.3 Å². The molecule has 1 atom stereocenters. The molecule has 0 saturated carbocycles. The second-order valence-electron chi connectivity index (χ2n) is 7.21. The molecule has 0 radical (unpaired) electrons. The van der Waals surface area contributed by atoms with E-state index in [0.29, 0.717) is 19.4 Å². The second kappa shape index (κ2) is 9.75. The third-order valence-corrected chi connectivity index (χ3v) is 3.78. The fourth-order valence-electron chi connectivity index (χ4n) is 2.61.